The first-order valence-electron chi connectivity index (χ1n) is 5.11. The lowest BCUT2D eigenvalue weighted by molar-refractivity contribution is 0.0454. The van der Waals surface area contributed by atoms with E-state index in [1.165, 1.54) is 0 Å². The number of ether oxygens (including phenoxy) is 1. The van der Waals surface area contributed by atoms with Crippen LogP contribution in [0.2, 0.25) is 0 Å². The van der Waals surface area contributed by atoms with E-state index in [1.807, 2.05) is 0 Å². The SMILES string of the molecule is CCNc1ncnc(SC2COC2)c1C. The van der Waals surface area contributed by atoms with Gasteiger partial charge >= 0.3 is 0 Å². The fraction of sp³-hybridized carbons (Fsp3) is 0.600. The zero-order valence-electron chi connectivity index (χ0n) is 8.99. The van der Waals surface area contributed by atoms with Gasteiger partial charge in [-0.1, -0.05) is 11.8 Å². The number of nitrogens with one attached hydrogen (secondary N) is 1. The summed E-state index contributed by atoms with van der Waals surface area (Å²) in [5.41, 5.74) is 1.14. The molecule has 1 aromatic heterocycles. The Bertz CT molecular complexity index is 341. The summed E-state index contributed by atoms with van der Waals surface area (Å²) in [4.78, 5) is 8.51. The molecule has 1 saturated heterocycles. The summed E-state index contributed by atoms with van der Waals surface area (Å²) in [6.45, 7) is 6.68. The lowest BCUT2D eigenvalue weighted by Gasteiger charge is -2.25. The van der Waals surface area contributed by atoms with Crippen LogP contribution >= 0.6 is 11.8 Å². The van der Waals surface area contributed by atoms with Crippen LogP contribution in [0, 0.1) is 6.92 Å². The Morgan fingerprint density at radius 2 is 2.33 bits per heavy atom. The van der Waals surface area contributed by atoms with E-state index in [1.54, 1.807) is 18.1 Å². The Morgan fingerprint density at radius 1 is 1.53 bits per heavy atom. The third-order valence-corrected chi connectivity index (χ3v) is 3.51. The Hall–Kier alpha value is -0.810. The van der Waals surface area contributed by atoms with E-state index in [2.05, 4.69) is 29.1 Å². The second-order valence-electron chi connectivity index (χ2n) is 3.46. The highest BCUT2D eigenvalue weighted by Crippen LogP contribution is 2.30. The summed E-state index contributed by atoms with van der Waals surface area (Å²) < 4.78 is 5.14. The average Bonchev–Trinajstić information content (AvgIpc) is 2.17. The van der Waals surface area contributed by atoms with Gasteiger partial charge in [0.05, 0.1) is 18.5 Å². The van der Waals surface area contributed by atoms with Crippen molar-refractivity contribution in [1.82, 2.24) is 9.97 Å². The molecule has 15 heavy (non-hydrogen) atoms. The number of aromatic nitrogens is 2. The van der Waals surface area contributed by atoms with Gasteiger partial charge in [0.1, 0.15) is 17.2 Å². The highest BCUT2D eigenvalue weighted by atomic mass is 32.2. The highest BCUT2D eigenvalue weighted by Gasteiger charge is 2.21. The molecule has 1 N–H and O–H groups in total. The van der Waals surface area contributed by atoms with Crippen molar-refractivity contribution in [3.63, 3.8) is 0 Å². The molecule has 1 fully saturated rings. The van der Waals surface area contributed by atoms with E-state index < -0.39 is 0 Å². The second kappa shape index (κ2) is 4.81. The van der Waals surface area contributed by atoms with Gasteiger partial charge in [-0.05, 0) is 13.8 Å². The van der Waals surface area contributed by atoms with Crippen LogP contribution in [0.15, 0.2) is 11.4 Å². The van der Waals surface area contributed by atoms with Crippen LogP contribution in [-0.4, -0.2) is 35.0 Å². The molecule has 2 heterocycles. The van der Waals surface area contributed by atoms with Gasteiger partial charge in [-0.3, -0.25) is 0 Å². The predicted octanol–water partition coefficient (Wildman–Crippen LogP) is 1.71. The van der Waals surface area contributed by atoms with E-state index >= 15 is 0 Å². The largest absolute Gasteiger partial charge is 0.379 e. The third-order valence-electron chi connectivity index (χ3n) is 2.27. The van der Waals surface area contributed by atoms with Gasteiger partial charge in [0.2, 0.25) is 0 Å². The molecular weight excluding hydrogens is 210 g/mol. The second-order valence-corrected chi connectivity index (χ2v) is 4.75. The molecule has 0 aromatic carbocycles. The first-order chi connectivity index (χ1) is 7.31. The molecule has 0 radical (unpaired) electrons. The minimum absolute atomic E-state index is 0.563. The summed E-state index contributed by atoms with van der Waals surface area (Å²) in [5, 5.41) is 4.86. The smallest absolute Gasteiger partial charge is 0.133 e. The van der Waals surface area contributed by atoms with Crippen LogP contribution in [0.3, 0.4) is 0 Å². The van der Waals surface area contributed by atoms with E-state index in [0.29, 0.717) is 5.25 Å². The Kier molecular flexibility index (Phi) is 3.43. The summed E-state index contributed by atoms with van der Waals surface area (Å²) >= 11 is 1.78. The quantitative estimate of drug-likeness (QED) is 0.790. The van der Waals surface area contributed by atoms with E-state index in [-0.39, 0.29) is 0 Å². The van der Waals surface area contributed by atoms with Crippen LogP contribution in [-0.2, 0) is 4.74 Å². The van der Waals surface area contributed by atoms with Crippen molar-refractivity contribution in [1.29, 1.82) is 0 Å². The lowest BCUT2D eigenvalue weighted by atomic mass is 10.3. The maximum Gasteiger partial charge on any atom is 0.133 e. The number of hydrogen-bond acceptors (Lipinski definition) is 5. The highest BCUT2D eigenvalue weighted by molar-refractivity contribution is 8.00. The summed E-state index contributed by atoms with van der Waals surface area (Å²) in [6.07, 6.45) is 1.62. The fourth-order valence-corrected chi connectivity index (χ4v) is 2.36. The molecular formula is C10H15N3OS. The minimum atomic E-state index is 0.563. The van der Waals surface area contributed by atoms with E-state index in [0.717, 1.165) is 36.2 Å². The molecule has 82 valence electrons. The molecule has 1 aliphatic heterocycles. The van der Waals surface area contributed by atoms with E-state index in [4.69, 9.17) is 4.74 Å². The Balaban J connectivity index is 2.11. The molecule has 0 saturated carbocycles. The molecule has 4 nitrogen and oxygen atoms in total. The summed E-state index contributed by atoms with van der Waals surface area (Å²) in [5.74, 6) is 0.940. The molecule has 1 aromatic rings. The normalized spacial score (nSPS) is 16.1. The van der Waals surface area contributed by atoms with Crippen molar-refractivity contribution in [2.45, 2.75) is 24.1 Å². The van der Waals surface area contributed by atoms with Crippen molar-refractivity contribution in [3.8, 4) is 0 Å². The maximum atomic E-state index is 5.14. The number of anilines is 1. The van der Waals surface area contributed by atoms with Gasteiger partial charge in [-0.15, -0.1) is 0 Å². The first kappa shape index (κ1) is 10.7. The molecule has 0 bridgehead atoms. The fourth-order valence-electron chi connectivity index (χ4n) is 1.34. The van der Waals surface area contributed by atoms with Gasteiger partial charge in [0.15, 0.2) is 0 Å². The molecule has 0 amide bonds. The predicted molar refractivity (Wildman–Crippen MR) is 61.4 cm³/mol. The minimum Gasteiger partial charge on any atom is -0.379 e. The molecule has 0 unspecified atom stereocenters. The van der Waals surface area contributed by atoms with E-state index in [9.17, 15) is 0 Å². The Labute approximate surface area is 93.8 Å². The van der Waals surface area contributed by atoms with Crippen LogP contribution < -0.4 is 5.32 Å². The number of rotatable bonds is 4. The topological polar surface area (TPSA) is 47.0 Å². The molecule has 0 aliphatic carbocycles. The zero-order chi connectivity index (χ0) is 10.7. The summed E-state index contributed by atoms with van der Waals surface area (Å²) in [6, 6.07) is 0. The third kappa shape index (κ3) is 2.41. The summed E-state index contributed by atoms with van der Waals surface area (Å²) in [7, 11) is 0. The van der Waals surface area contributed by atoms with Gasteiger partial charge < -0.3 is 10.1 Å². The molecule has 0 atom stereocenters. The van der Waals surface area contributed by atoms with Crippen molar-refractivity contribution in [2.75, 3.05) is 25.1 Å². The van der Waals surface area contributed by atoms with Crippen LogP contribution in [0.4, 0.5) is 5.82 Å². The molecule has 0 spiro atoms. The molecule has 2 rings (SSSR count). The first-order valence-corrected chi connectivity index (χ1v) is 5.99. The number of thioether (sulfide) groups is 1. The molecule has 5 heteroatoms. The van der Waals surface area contributed by atoms with Gasteiger partial charge in [0, 0.05) is 12.1 Å². The standard InChI is InChI=1S/C10H15N3OS/c1-3-11-9-7(2)10(13-6-12-9)15-8-4-14-5-8/h6,8H,3-5H2,1-2H3,(H,11,12,13). The molecule has 1 aliphatic rings. The van der Waals surface area contributed by atoms with Gasteiger partial charge in [0.25, 0.3) is 0 Å². The monoisotopic (exact) mass is 225 g/mol. The van der Waals surface area contributed by atoms with Crippen molar-refractivity contribution in [3.05, 3.63) is 11.9 Å². The Morgan fingerprint density at radius 3 is 2.93 bits per heavy atom. The zero-order valence-corrected chi connectivity index (χ0v) is 9.80. The van der Waals surface area contributed by atoms with Gasteiger partial charge in [-0.25, -0.2) is 9.97 Å². The van der Waals surface area contributed by atoms with Crippen molar-refractivity contribution in [2.24, 2.45) is 0 Å². The lowest BCUT2D eigenvalue weighted by Crippen LogP contribution is -2.30. The average molecular weight is 225 g/mol. The van der Waals surface area contributed by atoms with Crippen LogP contribution in [0.5, 0.6) is 0 Å². The van der Waals surface area contributed by atoms with Crippen LogP contribution in [0.1, 0.15) is 12.5 Å². The van der Waals surface area contributed by atoms with Crippen molar-refractivity contribution >= 4 is 17.6 Å². The van der Waals surface area contributed by atoms with Crippen molar-refractivity contribution < 1.29 is 4.74 Å². The number of hydrogen-bond donors (Lipinski definition) is 1. The maximum absolute atomic E-state index is 5.14. The number of nitrogens with zero attached hydrogens (tertiary/aromatic N) is 2. The van der Waals surface area contributed by atoms with Gasteiger partial charge in [-0.2, -0.15) is 0 Å². The van der Waals surface area contributed by atoms with Crippen LogP contribution in [0.25, 0.3) is 0 Å².